The second-order valence-electron chi connectivity index (χ2n) is 6.85. The van der Waals surface area contributed by atoms with E-state index < -0.39 is 0 Å². The summed E-state index contributed by atoms with van der Waals surface area (Å²) in [6.45, 7) is 7.87. The molecule has 0 radical (unpaired) electrons. The molecular weight excluding hydrogens is 380 g/mol. The van der Waals surface area contributed by atoms with E-state index in [1.54, 1.807) is 0 Å². The highest BCUT2D eigenvalue weighted by Gasteiger charge is 2.21. The Morgan fingerprint density at radius 1 is 1.28 bits per heavy atom. The molecule has 3 rings (SSSR count). The van der Waals surface area contributed by atoms with Crippen LogP contribution < -0.4 is 5.32 Å². The molecule has 0 aliphatic carbocycles. The van der Waals surface area contributed by atoms with E-state index in [9.17, 15) is 4.79 Å². The van der Waals surface area contributed by atoms with Gasteiger partial charge in [0, 0.05) is 23.1 Å². The van der Waals surface area contributed by atoms with Crippen LogP contribution in [0.4, 0.5) is 0 Å². The van der Waals surface area contributed by atoms with E-state index >= 15 is 0 Å². The van der Waals surface area contributed by atoms with Crippen LogP contribution in [-0.4, -0.2) is 30.4 Å². The number of amides is 1. The molecule has 1 fully saturated rings. The number of aryl methyl sites for hydroxylation is 2. The molecule has 0 spiro atoms. The Morgan fingerprint density at radius 2 is 2.00 bits per heavy atom. The van der Waals surface area contributed by atoms with Crippen molar-refractivity contribution in [2.24, 2.45) is 5.92 Å². The van der Waals surface area contributed by atoms with Gasteiger partial charge >= 0.3 is 0 Å². The largest absolute Gasteiger partial charge is 0.466 e. The van der Waals surface area contributed by atoms with Gasteiger partial charge in [-0.1, -0.05) is 12.1 Å². The average Bonchev–Trinajstić information content (AvgIpc) is 2.91. The van der Waals surface area contributed by atoms with Crippen molar-refractivity contribution >= 4 is 21.8 Å². The van der Waals surface area contributed by atoms with Gasteiger partial charge in [0.2, 0.25) is 0 Å². The number of carbonyl (C=O) groups is 1. The lowest BCUT2D eigenvalue weighted by atomic mass is 9.96. The Kier molecular flexibility index (Phi) is 5.97. The Morgan fingerprint density at radius 3 is 2.64 bits per heavy atom. The Bertz CT molecular complexity index is 733. The molecule has 1 saturated heterocycles. The van der Waals surface area contributed by atoms with Crippen LogP contribution in [0.25, 0.3) is 0 Å². The van der Waals surface area contributed by atoms with Crippen LogP contribution in [0.5, 0.6) is 0 Å². The third-order valence-electron chi connectivity index (χ3n) is 4.91. The number of rotatable bonds is 5. The van der Waals surface area contributed by atoms with Crippen LogP contribution in [-0.2, 0) is 6.54 Å². The van der Waals surface area contributed by atoms with E-state index in [0.29, 0.717) is 11.5 Å². The fraction of sp³-hybridized carbons (Fsp3) is 0.450. The molecule has 1 aromatic heterocycles. The number of carbonyl (C=O) groups excluding carboxylic acids is 1. The summed E-state index contributed by atoms with van der Waals surface area (Å²) in [6.07, 6.45) is 2.23. The number of piperidine rings is 1. The Labute approximate surface area is 157 Å². The van der Waals surface area contributed by atoms with Gasteiger partial charge in [-0.15, -0.1) is 0 Å². The summed E-state index contributed by atoms with van der Waals surface area (Å²) in [4.78, 5) is 14.8. The van der Waals surface area contributed by atoms with Crippen LogP contribution >= 0.6 is 15.9 Å². The fourth-order valence-electron chi connectivity index (χ4n) is 3.41. The zero-order valence-corrected chi connectivity index (χ0v) is 16.4. The van der Waals surface area contributed by atoms with E-state index in [4.69, 9.17) is 4.42 Å². The molecule has 134 valence electrons. The molecule has 1 aromatic carbocycles. The van der Waals surface area contributed by atoms with Crippen molar-refractivity contribution in [2.45, 2.75) is 33.2 Å². The van der Waals surface area contributed by atoms with Gasteiger partial charge in [0.05, 0.1) is 5.56 Å². The van der Waals surface area contributed by atoms with Crippen LogP contribution in [0.15, 0.2) is 39.2 Å². The van der Waals surface area contributed by atoms with Crippen molar-refractivity contribution < 1.29 is 9.21 Å². The zero-order chi connectivity index (χ0) is 17.8. The minimum atomic E-state index is -0.000554. The zero-order valence-electron chi connectivity index (χ0n) is 14.8. The van der Waals surface area contributed by atoms with Gasteiger partial charge in [-0.3, -0.25) is 9.69 Å². The molecule has 0 unspecified atom stereocenters. The van der Waals surface area contributed by atoms with Crippen LogP contribution in [0, 0.1) is 19.8 Å². The molecule has 1 aliphatic rings. The van der Waals surface area contributed by atoms with Crippen molar-refractivity contribution in [2.75, 3.05) is 19.6 Å². The van der Waals surface area contributed by atoms with Crippen molar-refractivity contribution in [1.82, 2.24) is 10.2 Å². The van der Waals surface area contributed by atoms with E-state index in [1.807, 2.05) is 38.1 Å². The molecule has 0 bridgehead atoms. The lowest BCUT2D eigenvalue weighted by Gasteiger charge is -2.31. The highest BCUT2D eigenvalue weighted by molar-refractivity contribution is 9.10. The molecule has 5 heteroatoms. The van der Waals surface area contributed by atoms with Gasteiger partial charge in [0.15, 0.2) is 0 Å². The quantitative estimate of drug-likeness (QED) is 0.807. The third-order valence-corrected chi connectivity index (χ3v) is 5.61. The monoisotopic (exact) mass is 404 g/mol. The van der Waals surface area contributed by atoms with E-state index in [-0.39, 0.29) is 5.91 Å². The second-order valence-corrected chi connectivity index (χ2v) is 7.70. The summed E-state index contributed by atoms with van der Waals surface area (Å²) in [5.74, 6) is 2.56. The maximum absolute atomic E-state index is 12.3. The van der Waals surface area contributed by atoms with Gasteiger partial charge < -0.3 is 9.73 Å². The number of hydrogen-bond donors (Lipinski definition) is 1. The predicted molar refractivity (Wildman–Crippen MR) is 103 cm³/mol. The van der Waals surface area contributed by atoms with Crippen molar-refractivity contribution in [1.29, 1.82) is 0 Å². The van der Waals surface area contributed by atoms with Crippen LogP contribution in [0.3, 0.4) is 0 Å². The first-order valence-electron chi connectivity index (χ1n) is 8.84. The van der Waals surface area contributed by atoms with Gasteiger partial charge in [0.25, 0.3) is 5.91 Å². The average molecular weight is 405 g/mol. The minimum absolute atomic E-state index is 0.000554. The lowest BCUT2D eigenvalue weighted by molar-refractivity contribution is 0.0934. The number of likely N-dealkylation sites (tertiary alicyclic amines) is 1. The summed E-state index contributed by atoms with van der Waals surface area (Å²) >= 11 is 3.43. The maximum Gasteiger partial charge on any atom is 0.252 e. The van der Waals surface area contributed by atoms with E-state index in [0.717, 1.165) is 55.0 Å². The first kappa shape index (κ1) is 18.2. The summed E-state index contributed by atoms with van der Waals surface area (Å²) in [5.41, 5.74) is 1.99. The maximum atomic E-state index is 12.3. The molecule has 1 aliphatic heterocycles. The molecule has 0 saturated carbocycles. The molecule has 0 atom stereocenters. The molecule has 1 amide bonds. The molecule has 1 N–H and O–H groups in total. The molecule has 4 nitrogen and oxygen atoms in total. The normalized spacial score (nSPS) is 16.1. The van der Waals surface area contributed by atoms with Crippen molar-refractivity contribution in [3.8, 4) is 0 Å². The molecular formula is C20H25BrN2O2. The van der Waals surface area contributed by atoms with Crippen LogP contribution in [0.2, 0.25) is 0 Å². The topological polar surface area (TPSA) is 45.5 Å². The van der Waals surface area contributed by atoms with E-state index in [1.165, 1.54) is 5.56 Å². The fourth-order valence-corrected chi connectivity index (χ4v) is 3.87. The molecule has 2 aromatic rings. The Balaban J connectivity index is 1.44. The van der Waals surface area contributed by atoms with Crippen LogP contribution in [0.1, 0.15) is 40.3 Å². The number of furan rings is 1. The molecule has 2 heterocycles. The minimum Gasteiger partial charge on any atom is -0.466 e. The lowest BCUT2D eigenvalue weighted by Crippen LogP contribution is -2.38. The van der Waals surface area contributed by atoms with Gasteiger partial charge in [-0.05, 0) is 79.8 Å². The standard InChI is InChI=1S/C20H25BrN2O2/c1-14-11-17(15(2)25-14)13-23-9-7-16(8-10-23)12-22-20(24)18-5-3-4-6-19(18)21/h3-6,11,16H,7-10,12-13H2,1-2H3,(H,22,24). The van der Waals surface area contributed by atoms with Crippen molar-refractivity contribution in [3.05, 3.63) is 57.5 Å². The van der Waals surface area contributed by atoms with Crippen molar-refractivity contribution in [3.63, 3.8) is 0 Å². The summed E-state index contributed by atoms with van der Waals surface area (Å²) in [7, 11) is 0. The first-order chi connectivity index (χ1) is 12.0. The smallest absolute Gasteiger partial charge is 0.252 e. The highest BCUT2D eigenvalue weighted by Crippen LogP contribution is 2.22. The Hall–Kier alpha value is -1.59. The first-order valence-corrected chi connectivity index (χ1v) is 9.63. The number of benzene rings is 1. The second kappa shape index (κ2) is 8.19. The summed E-state index contributed by atoms with van der Waals surface area (Å²) in [6, 6.07) is 9.68. The third kappa shape index (κ3) is 4.73. The molecule has 25 heavy (non-hydrogen) atoms. The summed E-state index contributed by atoms with van der Waals surface area (Å²) < 4.78 is 6.46. The number of nitrogens with one attached hydrogen (secondary N) is 1. The van der Waals surface area contributed by atoms with Gasteiger partial charge in [0.1, 0.15) is 11.5 Å². The number of hydrogen-bond acceptors (Lipinski definition) is 3. The van der Waals surface area contributed by atoms with Gasteiger partial charge in [-0.2, -0.15) is 0 Å². The van der Waals surface area contributed by atoms with Gasteiger partial charge in [-0.25, -0.2) is 0 Å². The number of halogens is 1. The van der Waals surface area contributed by atoms with E-state index in [2.05, 4.69) is 32.2 Å². The SMILES string of the molecule is Cc1cc(CN2CCC(CNC(=O)c3ccccc3Br)CC2)c(C)o1. The predicted octanol–water partition coefficient (Wildman–Crippen LogP) is 4.30. The number of nitrogens with zero attached hydrogens (tertiary/aromatic N) is 1. The summed E-state index contributed by atoms with van der Waals surface area (Å²) in [5, 5.41) is 3.08. The highest BCUT2D eigenvalue weighted by atomic mass is 79.9.